The fraction of sp³-hybridized carbons (Fsp3) is 0.375. The van der Waals surface area contributed by atoms with E-state index in [-0.39, 0.29) is 0 Å². The van der Waals surface area contributed by atoms with Crippen molar-refractivity contribution in [2.45, 2.75) is 20.4 Å². The Hall–Kier alpha value is -2.30. The minimum Gasteiger partial charge on any atom is -0.497 e. The van der Waals surface area contributed by atoms with Crippen molar-refractivity contribution in [2.24, 2.45) is 0 Å². The predicted octanol–water partition coefficient (Wildman–Crippen LogP) is 2.86. The summed E-state index contributed by atoms with van der Waals surface area (Å²) in [7, 11) is 3.69. The molecule has 1 N–H and O–H groups in total. The summed E-state index contributed by atoms with van der Waals surface area (Å²) in [6.07, 6.45) is 0. The molecule has 1 heterocycles. The van der Waals surface area contributed by atoms with Crippen molar-refractivity contribution in [1.29, 1.82) is 0 Å². The Kier molecular flexibility index (Phi) is 4.98. The smallest absolute Gasteiger partial charge is 0.150 e. The van der Waals surface area contributed by atoms with E-state index in [0.29, 0.717) is 6.54 Å². The van der Waals surface area contributed by atoms with Crippen LogP contribution in [-0.4, -0.2) is 30.7 Å². The molecule has 1 aromatic heterocycles. The largest absolute Gasteiger partial charge is 0.497 e. The van der Waals surface area contributed by atoms with Gasteiger partial charge in [0.15, 0.2) is 0 Å². The lowest BCUT2D eigenvalue weighted by Crippen LogP contribution is -2.19. The highest BCUT2D eigenvalue weighted by Gasteiger charge is 2.07. The summed E-state index contributed by atoms with van der Waals surface area (Å²) in [4.78, 5) is 11.1. The topological polar surface area (TPSA) is 50.3 Å². The van der Waals surface area contributed by atoms with Gasteiger partial charge in [-0.3, -0.25) is 0 Å². The van der Waals surface area contributed by atoms with E-state index in [9.17, 15) is 0 Å². The molecule has 5 nitrogen and oxygen atoms in total. The van der Waals surface area contributed by atoms with Crippen LogP contribution in [0.5, 0.6) is 5.75 Å². The number of rotatable bonds is 6. The maximum atomic E-state index is 5.26. The molecule has 0 bridgehead atoms. The zero-order valence-electron chi connectivity index (χ0n) is 13.1. The molecule has 0 aliphatic heterocycles. The quantitative estimate of drug-likeness (QED) is 0.885. The number of benzene rings is 1. The monoisotopic (exact) mass is 286 g/mol. The number of anilines is 2. The highest BCUT2D eigenvalue weighted by atomic mass is 16.5. The Morgan fingerprint density at radius 3 is 2.76 bits per heavy atom. The molecule has 1 aromatic carbocycles. The van der Waals surface area contributed by atoms with Crippen molar-refractivity contribution in [1.82, 2.24) is 9.97 Å². The van der Waals surface area contributed by atoms with Gasteiger partial charge in [-0.05, 0) is 26.0 Å². The van der Waals surface area contributed by atoms with Crippen molar-refractivity contribution in [3.63, 3.8) is 0 Å². The SMILES string of the molecule is CCNc1cc(C)nc(CN(C)c2cccc(OC)c2)n1. The summed E-state index contributed by atoms with van der Waals surface area (Å²) in [6.45, 7) is 5.53. The normalized spacial score (nSPS) is 10.3. The molecule has 112 valence electrons. The van der Waals surface area contributed by atoms with Crippen LogP contribution >= 0.6 is 0 Å². The van der Waals surface area contributed by atoms with Gasteiger partial charge in [0.25, 0.3) is 0 Å². The summed E-state index contributed by atoms with van der Waals surface area (Å²) < 4.78 is 5.26. The number of hydrogen-bond donors (Lipinski definition) is 1. The molecule has 0 aliphatic rings. The van der Waals surface area contributed by atoms with Gasteiger partial charge in [-0.25, -0.2) is 9.97 Å². The van der Waals surface area contributed by atoms with E-state index in [4.69, 9.17) is 4.74 Å². The average molecular weight is 286 g/mol. The van der Waals surface area contributed by atoms with Gasteiger partial charge in [0.05, 0.1) is 13.7 Å². The zero-order valence-corrected chi connectivity index (χ0v) is 13.1. The number of nitrogens with zero attached hydrogens (tertiary/aromatic N) is 3. The van der Waals surface area contributed by atoms with Crippen molar-refractivity contribution < 1.29 is 4.74 Å². The van der Waals surface area contributed by atoms with E-state index in [0.717, 1.165) is 35.3 Å². The first-order valence-electron chi connectivity index (χ1n) is 7.06. The number of hydrogen-bond acceptors (Lipinski definition) is 5. The summed E-state index contributed by atoms with van der Waals surface area (Å²) in [5, 5.41) is 3.23. The molecule has 0 unspecified atom stereocenters. The second kappa shape index (κ2) is 6.92. The molecule has 0 aliphatic carbocycles. The Morgan fingerprint density at radius 2 is 2.05 bits per heavy atom. The molecule has 2 rings (SSSR count). The zero-order chi connectivity index (χ0) is 15.2. The van der Waals surface area contributed by atoms with Crippen LogP contribution in [0.4, 0.5) is 11.5 Å². The van der Waals surface area contributed by atoms with Gasteiger partial charge in [-0.15, -0.1) is 0 Å². The van der Waals surface area contributed by atoms with Crippen LogP contribution in [0.3, 0.4) is 0 Å². The third-order valence-corrected chi connectivity index (χ3v) is 3.13. The summed E-state index contributed by atoms with van der Waals surface area (Å²) in [5.74, 6) is 2.52. The lowest BCUT2D eigenvalue weighted by molar-refractivity contribution is 0.415. The van der Waals surface area contributed by atoms with Crippen LogP contribution in [0.15, 0.2) is 30.3 Å². The van der Waals surface area contributed by atoms with Crippen LogP contribution in [-0.2, 0) is 6.54 Å². The van der Waals surface area contributed by atoms with E-state index >= 15 is 0 Å². The maximum Gasteiger partial charge on any atom is 0.150 e. The van der Waals surface area contributed by atoms with Gasteiger partial charge >= 0.3 is 0 Å². The summed E-state index contributed by atoms with van der Waals surface area (Å²) >= 11 is 0. The molecule has 0 saturated carbocycles. The van der Waals surface area contributed by atoms with Crippen LogP contribution in [0, 0.1) is 6.92 Å². The number of aryl methyl sites for hydroxylation is 1. The average Bonchev–Trinajstić information content (AvgIpc) is 2.47. The lowest BCUT2D eigenvalue weighted by atomic mass is 10.2. The van der Waals surface area contributed by atoms with Gasteiger partial charge in [0.2, 0.25) is 0 Å². The van der Waals surface area contributed by atoms with Crippen molar-refractivity contribution in [3.05, 3.63) is 41.9 Å². The minimum absolute atomic E-state index is 0.646. The standard InChI is InChI=1S/C16H22N4O/c1-5-17-15-9-12(2)18-16(19-15)11-20(3)13-7-6-8-14(10-13)21-4/h6-10H,5,11H2,1-4H3,(H,17,18,19). The number of ether oxygens (including phenoxy) is 1. The predicted molar refractivity (Wildman–Crippen MR) is 86.0 cm³/mol. The molecule has 0 fully saturated rings. The lowest BCUT2D eigenvalue weighted by Gasteiger charge is -2.19. The van der Waals surface area contributed by atoms with E-state index in [1.54, 1.807) is 7.11 Å². The first-order chi connectivity index (χ1) is 10.1. The third-order valence-electron chi connectivity index (χ3n) is 3.13. The molecule has 5 heteroatoms. The van der Waals surface area contributed by atoms with Crippen LogP contribution in [0.1, 0.15) is 18.4 Å². The summed E-state index contributed by atoms with van der Waals surface area (Å²) in [6, 6.07) is 9.92. The first kappa shape index (κ1) is 15.1. The maximum absolute atomic E-state index is 5.26. The van der Waals surface area contributed by atoms with Gasteiger partial charge in [-0.1, -0.05) is 6.07 Å². The fourth-order valence-electron chi connectivity index (χ4n) is 2.12. The third kappa shape index (κ3) is 4.08. The number of methoxy groups -OCH3 is 1. The van der Waals surface area contributed by atoms with Gasteiger partial charge in [-0.2, -0.15) is 0 Å². The van der Waals surface area contributed by atoms with Crippen molar-refractivity contribution >= 4 is 11.5 Å². The molecule has 0 amide bonds. The van der Waals surface area contributed by atoms with Crippen molar-refractivity contribution in [2.75, 3.05) is 30.9 Å². The molecular weight excluding hydrogens is 264 g/mol. The van der Waals surface area contributed by atoms with Crippen molar-refractivity contribution in [3.8, 4) is 5.75 Å². The van der Waals surface area contributed by atoms with Crippen LogP contribution in [0.2, 0.25) is 0 Å². The first-order valence-corrected chi connectivity index (χ1v) is 7.06. The second-order valence-corrected chi connectivity index (χ2v) is 4.90. The van der Waals surface area contributed by atoms with Gasteiger partial charge in [0.1, 0.15) is 17.4 Å². The Labute approximate surface area is 126 Å². The second-order valence-electron chi connectivity index (χ2n) is 4.90. The molecule has 2 aromatic rings. The van der Waals surface area contributed by atoms with Gasteiger partial charge in [0, 0.05) is 37.1 Å². The van der Waals surface area contributed by atoms with E-state index in [1.165, 1.54) is 0 Å². The molecule has 0 radical (unpaired) electrons. The van der Waals surface area contributed by atoms with Crippen LogP contribution in [0.25, 0.3) is 0 Å². The van der Waals surface area contributed by atoms with E-state index in [1.807, 2.05) is 44.3 Å². The molecule has 0 atom stereocenters. The number of aromatic nitrogens is 2. The Bertz CT molecular complexity index is 601. The van der Waals surface area contributed by atoms with Gasteiger partial charge < -0.3 is 15.0 Å². The molecule has 0 saturated heterocycles. The molecule has 21 heavy (non-hydrogen) atoms. The fourth-order valence-corrected chi connectivity index (χ4v) is 2.12. The highest BCUT2D eigenvalue weighted by molar-refractivity contribution is 5.50. The van der Waals surface area contributed by atoms with Crippen LogP contribution < -0.4 is 15.0 Å². The Balaban J connectivity index is 2.16. The Morgan fingerprint density at radius 1 is 1.24 bits per heavy atom. The minimum atomic E-state index is 0.646. The van der Waals surface area contributed by atoms with E-state index < -0.39 is 0 Å². The molecular formula is C16H22N4O. The van der Waals surface area contributed by atoms with E-state index in [2.05, 4.69) is 27.1 Å². The number of nitrogens with one attached hydrogen (secondary N) is 1. The highest BCUT2D eigenvalue weighted by Crippen LogP contribution is 2.21. The summed E-state index contributed by atoms with van der Waals surface area (Å²) in [5.41, 5.74) is 2.04. The molecule has 0 spiro atoms.